The highest BCUT2D eigenvalue weighted by atomic mass is 16.2. The minimum Gasteiger partial charge on any atom is -0.338 e. The van der Waals surface area contributed by atoms with E-state index in [1.165, 1.54) is 0 Å². The third-order valence-corrected chi connectivity index (χ3v) is 2.71. The van der Waals surface area contributed by atoms with Crippen molar-refractivity contribution < 1.29 is 4.79 Å². The molecule has 4 heteroatoms. The molecule has 1 rings (SSSR count). The minimum absolute atomic E-state index is 0.0476. The first-order chi connectivity index (χ1) is 6.56. The maximum atomic E-state index is 11.4. The van der Waals surface area contributed by atoms with E-state index in [1.54, 1.807) is 0 Å². The Morgan fingerprint density at radius 3 is 2.79 bits per heavy atom. The Labute approximate surface area is 85.8 Å². The molecule has 0 bridgehead atoms. The normalized spacial score (nSPS) is 24.6. The molecule has 1 aliphatic heterocycles. The topological polar surface area (TPSA) is 53.2 Å². The standard InChI is InChI=1S/C10H21N3O/c1-4-5-12-9(14)13-8-6-11-7-10(8,2)3/h8,11H,4-7H2,1-3H3,(H2,12,13,14). The SMILES string of the molecule is CCCNC(=O)NC1CNCC1(C)C. The Kier molecular flexibility index (Phi) is 3.75. The molecule has 0 saturated carbocycles. The lowest BCUT2D eigenvalue weighted by atomic mass is 9.88. The van der Waals surface area contributed by atoms with E-state index < -0.39 is 0 Å². The van der Waals surface area contributed by atoms with Gasteiger partial charge in [-0.1, -0.05) is 20.8 Å². The summed E-state index contributed by atoms with van der Waals surface area (Å²) in [5.74, 6) is 0. The molecule has 1 atom stereocenters. The van der Waals surface area contributed by atoms with E-state index in [9.17, 15) is 4.79 Å². The maximum Gasteiger partial charge on any atom is 0.315 e. The summed E-state index contributed by atoms with van der Waals surface area (Å²) >= 11 is 0. The van der Waals surface area contributed by atoms with Gasteiger partial charge in [0.05, 0.1) is 0 Å². The first-order valence-corrected chi connectivity index (χ1v) is 5.31. The third-order valence-electron chi connectivity index (χ3n) is 2.71. The van der Waals surface area contributed by atoms with Gasteiger partial charge in [-0.15, -0.1) is 0 Å². The Morgan fingerprint density at radius 1 is 1.57 bits per heavy atom. The zero-order valence-electron chi connectivity index (χ0n) is 9.31. The number of urea groups is 1. The van der Waals surface area contributed by atoms with Gasteiger partial charge < -0.3 is 16.0 Å². The van der Waals surface area contributed by atoms with Crippen molar-refractivity contribution in [2.24, 2.45) is 5.41 Å². The van der Waals surface area contributed by atoms with E-state index >= 15 is 0 Å². The van der Waals surface area contributed by atoms with Crippen molar-refractivity contribution >= 4 is 6.03 Å². The van der Waals surface area contributed by atoms with Crippen LogP contribution in [-0.4, -0.2) is 31.7 Å². The van der Waals surface area contributed by atoms with Crippen molar-refractivity contribution in [3.8, 4) is 0 Å². The number of nitrogens with one attached hydrogen (secondary N) is 3. The van der Waals surface area contributed by atoms with E-state index in [4.69, 9.17) is 0 Å². The summed E-state index contributed by atoms with van der Waals surface area (Å²) in [5.41, 5.74) is 0.156. The highest BCUT2D eigenvalue weighted by molar-refractivity contribution is 5.74. The van der Waals surface area contributed by atoms with E-state index in [0.717, 1.165) is 26.1 Å². The number of hydrogen-bond acceptors (Lipinski definition) is 2. The van der Waals surface area contributed by atoms with Gasteiger partial charge in [-0.25, -0.2) is 4.79 Å². The van der Waals surface area contributed by atoms with Crippen LogP contribution in [0.25, 0.3) is 0 Å². The van der Waals surface area contributed by atoms with E-state index in [1.807, 2.05) is 6.92 Å². The summed E-state index contributed by atoms with van der Waals surface area (Å²) in [6, 6.07) is 0.188. The molecule has 1 saturated heterocycles. The van der Waals surface area contributed by atoms with Crippen LogP contribution < -0.4 is 16.0 Å². The monoisotopic (exact) mass is 199 g/mol. The Bertz CT molecular complexity index is 204. The van der Waals surface area contributed by atoms with Crippen LogP contribution in [0.4, 0.5) is 4.79 Å². The molecule has 0 aromatic heterocycles. The molecule has 1 fully saturated rings. The van der Waals surface area contributed by atoms with Crippen molar-refractivity contribution in [3.63, 3.8) is 0 Å². The van der Waals surface area contributed by atoms with Crippen LogP contribution in [-0.2, 0) is 0 Å². The predicted molar refractivity (Wildman–Crippen MR) is 57.3 cm³/mol. The second kappa shape index (κ2) is 4.64. The van der Waals surface area contributed by atoms with E-state index in [0.29, 0.717) is 0 Å². The first-order valence-electron chi connectivity index (χ1n) is 5.31. The summed E-state index contributed by atoms with van der Waals surface area (Å²) in [6.45, 7) is 8.95. The third kappa shape index (κ3) is 2.87. The summed E-state index contributed by atoms with van der Waals surface area (Å²) in [5, 5.41) is 9.09. The van der Waals surface area contributed by atoms with Gasteiger partial charge in [0.15, 0.2) is 0 Å². The van der Waals surface area contributed by atoms with Crippen LogP contribution in [0, 0.1) is 5.41 Å². The van der Waals surface area contributed by atoms with Gasteiger partial charge in [0.25, 0.3) is 0 Å². The molecule has 82 valence electrons. The molecule has 0 aliphatic carbocycles. The molecule has 1 unspecified atom stereocenters. The fourth-order valence-electron chi connectivity index (χ4n) is 1.63. The molecule has 0 aromatic carbocycles. The smallest absolute Gasteiger partial charge is 0.315 e. The van der Waals surface area contributed by atoms with Gasteiger partial charge in [0, 0.05) is 25.7 Å². The Hall–Kier alpha value is -0.770. The molecular formula is C10H21N3O. The average molecular weight is 199 g/mol. The minimum atomic E-state index is -0.0476. The second-order valence-electron chi connectivity index (χ2n) is 4.57. The Morgan fingerprint density at radius 2 is 2.29 bits per heavy atom. The molecule has 0 aromatic rings. The zero-order valence-corrected chi connectivity index (χ0v) is 9.31. The molecule has 4 nitrogen and oxygen atoms in total. The van der Waals surface area contributed by atoms with Gasteiger partial charge in [-0.05, 0) is 11.8 Å². The summed E-state index contributed by atoms with van der Waals surface area (Å²) in [4.78, 5) is 11.4. The number of amides is 2. The quantitative estimate of drug-likeness (QED) is 0.626. The molecular weight excluding hydrogens is 178 g/mol. The van der Waals surface area contributed by atoms with Gasteiger partial charge in [-0.3, -0.25) is 0 Å². The largest absolute Gasteiger partial charge is 0.338 e. The number of carbonyl (C=O) groups excluding carboxylic acids is 1. The number of rotatable bonds is 3. The molecule has 0 spiro atoms. The van der Waals surface area contributed by atoms with Crippen LogP contribution in [0.15, 0.2) is 0 Å². The van der Waals surface area contributed by atoms with Crippen molar-refractivity contribution in [1.82, 2.24) is 16.0 Å². The van der Waals surface area contributed by atoms with Crippen LogP contribution in [0.5, 0.6) is 0 Å². The fourth-order valence-corrected chi connectivity index (χ4v) is 1.63. The summed E-state index contributed by atoms with van der Waals surface area (Å²) < 4.78 is 0. The second-order valence-corrected chi connectivity index (χ2v) is 4.57. The van der Waals surface area contributed by atoms with Gasteiger partial charge in [0.1, 0.15) is 0 Å². The highest BCUT2D eigenvalue weighted by Crippen LogP contribution is 2.23. The summed E-state index contributed by atoms with van der Waals surface area (Å²) in [6.07, 6.45) is 0.972. The predicted octanol–water partition coefficient (Wildman–Crippen LogP) is 0.694. The molecule has 1 aliphatic rings. The van der Waals surface area contributed by atoms with Crippen molar-refractivity contribution in [1.29, 1.82) is 0 Å². The van der Waals surface area contributed by atoms with Crippen molar-refractivity contribution in [3.05, 3.63) is 0 Å². The molecule has 2 amide bonds. The van der Waals surface area contributed by atoms with Crippen LogP contribution in [0.3, 0.4) is 0 Å². The Balaban J connectivity index is 2.33. The molecule has 14 heavy (non-hydrogen) atoms. The lowest BCUT2D eigenvalue weighted by Crippen LogP contribution is -2.48. The van der Waals surface area contributed by atoms with Gasteiger partial charge in [0.2, 0.25) is 0 Å². The number of carbonyl (C=O) groups is 1. The van der Waals surface area contributed by atoms with Gasteiger partial charge >= 0.3 is 6.03 Å². The average Bonchev–Trinajstić information content (AvgIpc) is 2.43. The number of hydrogen-bond donors (Lipinski definition) is 3. The van der Waals surface area contributed by atoms with Crippen LogP contribution in [0.2, 0.25) is 0 Å². The van der Waals surface area contributed by atoms with Crippen molar-refractivity contribution in [2.45, 2.75) is 33.2 Å². The fraction of sp³-hybridized carbons (Fsp3) is 0.900. The lowest BCUT2D eigenvalue weighted by Gasteiger charge is -2.26. The zero-order chi connectivity index (χ0) is 10.6. The molecule has 0 radical (unpaired) electrons. The molecule has 3 N–H and O–H groups in total. The maximum absolute atomic E-state index is 11.4. The summed E-state index contributed by atoms with van der Waals surface area (Å²) in [7, 11) is 0. The van der Waals surface area contributed by atoms with Crippen molar-refractivity contribution in [2.75, 3.05) is 19.6 Å². The first kappa shape index (κ1) is 11.3. The lowest BCUT2D eigenvalue weighted by molar-refractivity contribution is 0.227. The molecule has 1 heterocycles. The van der Waals surface area contributed by atoms with E-state index in [-0.39, 0.29) is 17.5 Å². The van der Waals surface area contributed by atoms with Gasteiger partial charge in [-0.2, -0.15) is 0 Å². The van der Waals surface area contributed by atoms with E-state index in [2.05, 4.69) is 29.8 Å². The van der Waals surface area contributed by atoms with Crippen LogP contribution in [0.1, 0.15) is 27.2 Å². The van der Waals surface area contributed by atoms with Crippen LogP contribution >= 0.6 is 0 Å². The highest BCUT2D eigenvalue weighted by Gasteiger charge is 2.35.